The minimum absolute atomic E-state index is 0.0568. The van der Waals surface area contributed by atoms with Gasteiger partial charge in [0.15, 0.2) is 0 Å². The molecule has 4 amide bonds. The molecule has 0 saturated carbocycles. The molecule has 0 aliphatic carbocycles. The average molecular weight is 403 g/mol. The number of urea groups is 1. The second-order valence-electron chi connectivity index (χ2n) is 7.79. The minimum atomic E-state index is -0.732. The molecule has 2 saturated heterocycles. The van der Waals surface area contributed by atoms with Gasteiger partial charge in [0.2, 0.25) is 0 Å². The van der Waals surface area contributed by atoms with Crippen LogP contribution >= 0.6 is 0 Å². The Morgan fingerprint density at radius 3 is 2.23 bits per heavy atom. The number of benzene rings is 2. The van der Waals surface area contributed by atoms with Crippen molar-refractivity contribution in [2.24, 2.45) is 0 Å². The molecular formula is C24H25N3O3. The Labute approximate surface area is 176 Å². The fraction of sp³-hybridized carbons (Fsp3) is 0.292. The van der Waals surface area contributed by atoms with E-state index in [-0.39, 0.29) is 5.57 Å². The van der Waals surface area contributed by atoms with E-state index >= 15 is 0 Å². The monoisotopic (exact) mass is 403 g/mol. The van der Waals surface area contributed by atoms with Crippen molar-refractivity contribution in [3.05, 3.63) is 65.2 Å². The number of aryl methyl sites for hydroxylation is 1. The highest BCUT2D eigenvalue weighted by molar-refractivity contribution is 6.39. The summed E-state index contributed by atoms with van der Waals surface area (Å²) in [5.41, 5.74) is 3.19. The highest BCUT2D eigenvalue weighted by Crippen LogP contribution is 2.24. The molecule has 154 valence electrons. The number of imide groups is 2. The predicted octanol–water partition coefficient (Wildman–Crippen LogP) is 4.04. The summed E-state index contributed by atoms with van der Waals surface area (Å²) in [5.74, 6) is -1.29. The molecule has 2 aliphatic rings. The van der Waals surface area contributed by atoms with Crippen LogP contribution in [0.5, 0.6) is 0 Å². The average Bonchev–Trinajstić information content (AvgIpc) is 3.01. The maximum atomic E-state index is 13.0. The minimum Gasteiger partial charge on any atom is -0.372 e. The largest absolute Gasteiger partial charge is 0.372 e. The Hall–Kier alpha value is -3.41. The van der Waals surface area contributed by atoms with Gasteiger partial charge in [0.05, 0.1) is 5.69 Å². The Morgan fingerprint density at radius 2 is 1.57 bits per heavy atom. The number of carbonyl (C=O) groups excluding carboxylic acids is 3. The van der Waals surface area contributed by atoms with Crippen LogP contribution in [0.2, 0.25) is 0 Å². The van der Waals surface area contributed by atoms with Gasteiger partial charge < -0.3 is 4.90 Å². The van der Waals surface area contributed by atoms with E-state index in [9.17, 15) is 14.4 Å². The molecule has 2 aromatic carbocycles. The van der Waals surface area contributed by atoms with Crippen LogP contribution < -0.4 is 15.1 Å². The van der Waals surface area contributed by atoms with Crippen molar-refractivity contribution in [1.29, 1.82) is 0 Å². The zero-order valence-electron chi connectivity index (χ0n) is 17.1. The smallest absolute Gasteiger partial charge is 0.335 e. The van der Waals surface area contributed by atoms with Crippen molar-refractivity contribution in [3.63, 3.8) is 0 Å². The second kappa shape index (κ2) is 8.53. The molecule has 0 radical (unpaired) electrons. The van der Waals surface area contributed by atoms with Gasteiger partial charge >= 0.3 is 6.03 Å². The van der Waals surface area contributed by atoms with E-state index in [4.69, 9.17) is 0 Å². The lowest BCUT2D eigenvalue weighted by atomic mass is 10.1. The number of anilines is 2. The third-order valence-corrected chi connectivity index (χ3v) is 5.54. The summed E-state index contributed by atoms with van der Waals surface area (Å²) in [6, 6.07) is 14.2. The molecule has 0 aromatic heterocycles. The lowest BCUT2D eigenvalue weighted by molar-refractivity contribution is -0.122. The highest BCUT2D eigenvalue weighted by atomic mass is 16.2. The molecule has 6 heteroatoms. The molecule has 2 aliphatic heterocycles. The summed E-state index contributed by atoms with van der Waals surface area (Å²) in [4.78, 5) is 41.0. The van der Waals surface area contributed by atoms with Gasteiger partial charge in [-0.3, -0.25) is 14.9 Å². The van der Waals surface area contributed by atoms with Crippen molar-refractivity contribution >= 4 is 35.3 Å². The van der Waals surface area contributed by atoms with Crippen LogP contribution in [0.3, 0.4) is 0 Å². The molecular weight excluding hydrogens is 378 g/mol. The summed E-state index contributed by atoms with van der Waals surface area (Å²) >= 11 is 0. The first-order chi connectivity index (χ1) is 14.5. The maximum absolute atomic E-state index is 13.0. The van der Waals surface area contributed by atoms with Gasteiger partial charge in [0.25, 0.3) is 11.8 Å². The number of nitrogens with zero attached hydrogens (tertiary/aromatic N) is 2. The summed E-state index contributed by atoms with van der Waals surface area (Å²) in [6.45, 7) is 3.98. The Bertz CT molecular complexity index is 1000. The van der Waals surface area contributed by atoms with Crippen molar-refractivity contribution in [2.75, 3.05) is 22.9 Å². The number of barbiturate groups is 1. The summed E-state index contributed by atoms with van der Waals surface area (Å²) < 4.78 is 0. The van der Waals surface area contributed by atoms with Crippen LogP contribution in [0.25, 0.3) is 6.08 Å². The Balaban J connectivity index is 1.59. The van der Waals surface area contributed by atoms with E-state index in [2.05, 4.69) is 10.2 Å². The van der Waals surface area contributed by atoms with Gasteiger partial charge in [-0.15, -0.1) is 0 Å². The van der Waals surface area contributed by atoms with Gasteiger partial charge in [-0.25, -0.2) is 9.69 Å². The standard InChI is InChI=1S/C24H25N3O3/c1-17-7-6-8-20(15-17)27-23(29)21(22(28)25-24(27)30)16-18-9-11-19(12-10-18)26-13-4-2-3-5-14-26/h6-12,15-16H,2-5,13-14H2,1H3,(H,25,28,30)/b21-16+. The SMILES string of the molecule is Cc1cccc(N2C(=O)NC(=O)/C(=C\c3ccc(N4CCCCCC4)cc3)C2=O)c1. The lowest BCUT2D eigenvalue weighted by Gasteiger charge is -2.26. The predicted molar refractivity (Wildman–Crippen MR) is 117 cm³/mol. The number of carbonyl (C=O) groups is 3. The first-order valence-corrected chi connectivity index (χ1v) is 10.4. The topological polar surface area (TPSA) is 69.7 Å². The molecule has 2 aromatic rings. The summed E-state index contributed by atoms with van der Waals surface area (Å²) in [5, 5.41) is 2.27. The molecule has 4 rings (SSSR count). The molecule has 2 heterocycles. The van der Waals surface area contributed by atoms with E-state index < -0.39 is 17.8 Å². The normalized spacial score (nSPS) is 19.1. The highest BCUT2D eigenvalue weighted by Gasteiger charge is 2.36. The summed E-state index contributed by atoms with van der Waals surface area (Å²) in [6.07, 6.45) is 6.48. The van der Waals surface area contributed by atoms with Crippen molar-refractivity contribution in [2.45, 2.75) is 32.6 Å². The van der Waals surface area contributed by atoms with Crippen LogP contribution in [0, 0.1) is 6.92 Å². The van der Waals surface area contributed by atoms with Crippen LogP contribution in [0.4, 0.5) is 16.2 Å². The van der Waals surface area contributed by atoms with Crippen LogP contribution in [0.1, 0.15) is 36.8 Å². The van der Waals surface area contributed by atoms with E-state index in [0.717, 1.165) is 34.8 Å². The second-order valence-corrected chi connectivity index (χ2v) is 7.79. The third kappa shape index (κ3) is 4.13. The van der Waals surface area contributed by atoms with Crippen LogP contribution in [-0.2, 0) is 9.59 Å². The third-order valence-electron chi connectivity index (χ3n) is 5.54. The van der Waals surface area contributed by atoms with E-state index in [0.29, 0.717) is 5.69 Å². The zero-order chi connectivity index (χ0) is 21.1. The van der Waals surface area contributed by atoms with E-state index in [1.165, 1.54) is 25.7 Å². The molecule has 2 fully saturated rings. The van der Waals surface area contributed by atoms with E-state index in [1.807, 2.05) is 37.3 Å². The fourth-order valence-electron chi connectivity index (χ4n) is 3.94. The molecule has 0 bridgehead atoms. The van der Waals surface area contributed by atoms with E-state index in [1.54, 1.807) is 24.3 Å². The quantitative estimate of drug-likeness (QED) is 0.620. The lowest BCUT2D eigenvalue weighted by Crippen LogP contribution is -2.54. The number of nitrogens with one attached hydrogen (secondary N) is 1. The van der Waals surface area contributed by atoms with Crippen molar-refractivity contribution in [1.82, 2.24) is 5.32 Å². The zero-order valence-corrected chi connectivity index (χ0v) is 17.1. The van der Waals surface area contributed by atoms with Gasteiger partial charge in [-0.2, -0.15) is 0 Å². The van der Waals surface area contributed by atoms with Crippen molar-refractivity contribution < 1.29 is 14.4 Å². The van der Waals surface area contributed by atoms with Gasteiger partial charge in [0.1, 0.15) is 5.57 Å². The molecule has 0 atom stereocenters. The molecule has 0 unspecified atom stereocenters. The van der Waals surface area contributed by atoms with Crippen LogP contribution in [0.15, 0.2) is 54.1 Å². The molecule has 0 spiro atoms. The number of hydrogen-bond acceptors (Lipinski definition) is 4. The Morgan fingerprint density at radius 1 is 0.867 bits per heavy atom. The number of hydrogen-bond donors (Lipinski definition) is 1. The van der Waals surface area contributed by atoms with Crippen LogP contribution in [-0.4, -0.2) is 30.9 Å². The van der Waals surface area contributed by atoms with Crippen molar-refractivity contribution in [3.8, 4) is 0 Å². The van der Waals surface area contributed by atoms with Gasteiger partial charge in [-0.1, -0.05) is 37.1 Å². The number of amides is 4. The molecule has 1 N–H and O–H groups in total. The van der Waals surface area contributed by atoms with Gasteiger partial charge in [0, 0.05) is 18.8 Å². The maximum Gasteiger partial charge on any atom is 0.335 e. The molecule has 30 heavy (non-hydrogen) atoms. The molecule has 6 nitrogen and oxygen atoms in total. The first-order valence-electron chi connectivity index (χ1n) is 10.4. The Kier molecular flexibility index (Phi) is 5.65. The van der Waals surface area contributed by atoms with Gasteiger partial charge in [-0.05, 0) is 61.2 Å². The fourth-order valence-corrected chi connectivity index (χ4v) is 3.94. The first kappa shape index (κ1) is 19.9. The number of rotatable bonds is 3. The summed E-state index contributed by atoms with van der Waals surface area (Å²) in [7, 11) is 0.